The van der Waals surface area contributed by atoms with Crippen molar-refractivity contribution in [3.05, 3.63) is 89.0 Å². The van der Waals surface area contributed by atoms with Crippen molar-refractivity contribution in [2.45, 2.75) is 58.8 Å². The molecule has 5 rings (SSSR count). The van der Waals surface area contributed by atoms with Crippen LogP contribution < -0.4 is 0 Å². The molecule has 0 radical (unpaired) electrons. The minimum atomic E-state index is 0. The molecular formula is C28H30Zr. The number of hydrogen-bond acceptors (Lipinski definition) is 0. The number of aryl methyl sites for hydroxylation is 2. The molecule has 0 aromatic heterocycles. The number of hydrogen-bond donors (Lipinski definition) is 0. The first-order valence-electron chi connectivity index (χ1n) is 10.8. The van der Waals surface area contributed by atoms with Crippen LogP contribution >= 0.6 is 0 Å². The van der Waals surface area contributed by atoms with Gasteiger partial charge >= 0.3 is 26.2 Å². The molecule has 0 heterocycles. The van der Waals surface area contributed by atoms with E-state index in [1.54, 1.807) is 11.1 Å². The molecule has 0 N–H and O–H groups in total. The maximum absolute atomic E-state index is 3.16. The predicted octanol–water partition coefficient (Wildman–Crippen LogP) is 7.89. The second-order valence-electron chi connectivity index (χ2n) is 8.08. The van der Waals surface area contributed by atoms with E-state index in [-0.39, 0.29) is 26.2 Å². The van der Waals surface area contributed by atoms with Gasteiger partial charge in [-0.25, -0.2) is 11.6 Å². The summed E-state index contributed by atoms with van der Waals surface area (Å²) in [7, 11) is 0. The molecule has 0 amide bonds. The van der Waals surface area contributed by atoms with Crippen LogP contribution in [0.1, 0.15) is 55.7 Å². The summed E-state index contributed by atoms with van der Waals surface area (Å²) in [4.78, 5) is 0. The molecule has 1 heteroatoms. The maximum atomic E-state index is 3.16. The van der Waals surface area contributed by atoms with Crippen LogP contribution in [0.5, 0.6) is 0 Å². The summed E-state index contributed by atoms with van der Waals surface area (Å²) in [5, 5.41) is 2.85. The molecule has 146 valence electrons. The van der Waals surface area contributed by atoms with Crippen LogP contribution in [0.3, 0.4) is 0 Å². The monoisotopic (exact) mass is 456 g/mol. The summed E-state index contributed by atoms with van der Waals surface area (Å²) in [5.74, 6) is 0. The van der Waals surface area contributed by atoms with Crippen LogP contribution in [0.15, 0.2) is 66.3 Å². The third-order valence-electron chi connectivity index (χ3n) is 5.88. The number of rotatable bonds is 4. The maximum Gasteiger partial charge on any atom is 2.00 e. The largest absolute Gasteiger partial charge is 2.00 e. The van der Waals surface area contributed by atoms with Gasteiger partial charge in [0.1, 0.15) is 0 Å². The molecule has 2 aliphatic rings. The molecule has 0 atom stereocenters. The molecule has 0 spiro atoms. The summed E-state index contributed by atoms with van der Waals surface area (Å²) in [6, 6.07) is 18.0. The average molecular weight is 458 g/mol. The Hall–Kier alpha value is -1.59. The van der Waals surface area contributed by atoms with E-state index in [0.29, 0.717) is 0 Å². The van der Waals surface area contributed by atoms with E-state index >= 15 is 0 Å². The SMILES string of the molecule is CCCCC1=CC[C-]=C1.Cc1cc2c(-c3ccccc3)c3c(cc2[cH-]1)CCC3.[Zr+2]. The Morgan fingerprint density at radius 2 is 1.90 bits per heavy atom. The first-order valence-corrected chi connectivity index (χ1v) is 10.8. The van der Waals surface area contributed by atoms with Gasteiger partial charge in [0, 0.05) is 0 Å². The molecule has 0 nitrogen and oxygen atoms in total. The first-order chi connectivity index (χ1) is 13.8. The second-order valence-corrected chi connectivity index (χ2v) is 8.08. The zero-order chi connectivity index (χ0) is 19.3. The van der Waals surface area contributed by atoms with Gasteiger partial charge in [-0.1, -0.05) is 80.1 Å². The Morgan fingerprint density at radius 1 is 1.07 bits per heavy atom. The van der Waals surface area contributed by atoms with Crippen LogP contribution in [-0.2, 0) is 39.0 Å². The van der Waals surface area contributed by atoms with Gasteiger partial charge in [0.2, 0.25) is 0 Å². The van der Waals surface area contributed by atoms with Crippen molar-refractivity contribution in [3.8, 4) is 11.1 Å². The fourth-order valence-electron chi connectivity index (χ4n) is 4.50. The number of benzene rings is 2. The Bertz CT molecular complexity index is 1000. The fourth-order valence-corrected chi connectivity index (χ4v) is 4.50. The van der Waals surface area contributed by atoms with Gasteiger partial charge in [0.05, 0.1) is 0 Å². The van der Waals surface area contributed by atoms with Crippen molar-refractivity contribution < 1.29 is 26.2 Å². The van der Waals surface area contributed by atoms with E-state index < -0.39 is 0 Å². The van der Waals surface area contributed by atoms with E-state index in [0.717, 1.165) is 6.42 Å². The van der Waals surface area contributed by atoms with Crippen LogP contribution in [0.4, 0.5) is 0 Å². The molecule has 0 aliphatic heterocycles. The quantitative estimate of drug-likeness (QED) is 0.349. The predicted molar refractivity (Wildman–Crippen MR) is 122 cm³/mol. The van der Waals surface area contributed by atoms with Crippen LogP contribution in [-0.4, -0.2) is 0 Å². The Labute approximate surface area is 195 Å². The third-order valence-corrected chi connectivity index (χ3v) is 5.88. The van der Waals surface area contributed by atoms with Crippen molar-refractivity contribution in [3.63, 3.8) is 0 Å². The van der Waals surface area contributed by atoms with Crippen molar-refractivity contribution in [2.24, 2.45) is 0 Å². The summed E-state index contributed by atoms with van der Waals surface area (Å²) in [6.07, 6.45) is 16.2. The van der Waals surface area contributed by atoms with Crippen LogP contribution in [0, 0.1) is 13.0 Å². The second kappa shape index (κ2) is 10.4. The van der Waals surface area contributed by atoms with Crippen LogP contribution in [0.2, 0.25) is 0 Å². The molecule has 29 heavy (non-hydrogen) atoms. The van der Waals surface area contributed by atoms with Gasteiger partial charge in [-0.15, -0.1) is 34.9 Å². The van der Waals surface area contributed by atoms with Gasteiger partial charge in [-0.3, -0.25) is 6.08 Å². The van der Waals surface area contributed by atoms with Gasteiger partial charge in [-0.05, 0) is 24.8 Å². The molecular weight excluding hydrogens is 428 g/mol. The smallest absolute Gasteiger partial charge is 0.273 e. The number of unbranched alkanes of at least 4 members (excludes halogenated alkanes) is 1. The van der Waals surface area contributed by atoms with Crippen LogP contribution in [0.25, 0.3) is 21.9 Å². The van der Waals surface area contributed by atoms with Crippen molar-refractivity contribution in [1.29, 1.82) is 0 Å². The minimum Gasteiger partial charge on any atom is -0.273 e. The van der Waals surface area contributed by atoms with Gasteiger partial charge in [0.25, 0.3) is 0 Å². The first kappa shape index (κ1) is 22.1. The topological polar surface area (TPSA) is 0 Å². The van der Waals surface area contributed by atoms with Gasteiger partial charge in [0.15, 0.2) is 0 Å². The third kappa shape index (κ3) is 5.13. The zero-order valence-corrected chi connectivity index (χ0v) is 20.2. The standard InChI is InChI=1S/C19H17.C9H13.Zr/c1-13-10-16-12-15-8-5-9-17(15)19(18(16)11-13)14-6-3-2-4-7-14;1-2-3-6-9-7-4-5-8-9;/h2-4,6-7,10-12H,5,8-9H2,1H3;7-8H,2-4,6H2,1H3;/q2*-1;+2. The normalized spacial score (nSPS) is 14.2. The van der Waals surface area contributed by atoms with E-state index in [2.05, 4.69) is 80.6 Å². The summed E-state index contributed by atoms with van der Waals surface area (Å²) in [5.41, 5.74) is 8.87. The summed E-state index contributed by atoms with van der Waals surface area (Å²) in [6.45, 7) is 4.42. The van der Waals surface area contributed by atoms with Crippen molar-refractivity contribution in [1.82, 2.24) is 0 Å². The molecule has 0 saturated heterocycles. The average Bonchev–Trinajstić information content (AvgIpc) is 3.46. The van der Waals surface area contributed by atoms with Gasteiger partial charge < -0.3 is 0 Å². The van der Waals surface area contributed by atoms with E-state index in [1.165, 1.54) is 71.6 Å². The molecule has 3 aromatic carbocycles. The molecule has 3 aromatic rings. The Balaban J connectivity index is 0.000000205. The molecule has 2 aliphatic carbocycles. The summed E-state index contributed by atoms with van der Waals surface area (Å²) >= 11 is 0. The fraction of sp³-hybridized carbons (Fsp3) is 0.321. The number of fused-ring (bicyclic) bond motifs is 2. The van der Waals surface area contributed by atoms with Crippen molar-refractivity contribution in [2.75, 3.05) is 0 Å². The molecule has 0 fully saturated rings. The van der Waals surface area contributed by atoms with E-state index in [1.807, 2.05) is 0 Å². The van der Waals surface area contributed by atoms with E-state index in [9.17, 15) is 0 Å². The zero-order valence-electron chi connectivity index (χ0n) is 17.7. The van der Waals surface area contributed by atoms with Crippen molar-refractivity contribution >= 4 is 10.8 Å². The Morgan fingerprint density at radius 3 is 2.62 bits per heavy atom. The minimum absolute atomic E-state index is 0. The molecule has 0 unspecified atom stereocenters. The van der Waals surface area contributed by atoms with E-state index in [4.69, 9.17) is 0 Å². The number of allylic oxidation sites excluding steroid dienone is 4. The summed E-state index contributed by atoms with van der Waals surface area (Å²) < 4.78 is 0. The van der Waals surface area contributed by atoms with Gasteiger partial charge in [-0.2, -0.15) is 12.1 Å². The molecule has 0 bridgehead atoms. The Kier molecular flexibility index (Phi) is 7.96. The molecule has 0 saturated carbocycles.